The summed E-state index contributed by atoms with van der Waals surface area (Å²) < 4.78 is 9.44. The van der Waals surface area contributed by atoms with Gasteiger partial charge in [-0.15, -0.1) is 0 Å². The zero-order valence-corrected chi connectivity index (χ0v) is 10.0. The third-order valence-corrected chi connectivity index (χ3v) is 3.15. The topological polar surface area (TPSA) is 86.7 Å². The van der Waals surface area contributed by atoms with E-state index in [-0.39, 0.29) is 36.8 Å². The Morgan fingerprint density at radius 3 is 2.11 bits per heavy atom. The summed E-state index contributed by atoms with van der Waals surface area (Å²) in [6, 6.07) is 0. The Hall–Kier alpha value is -1.72. The molecule has 6 nitrogen and oxygen atoms in total. The third kappa shape index (κ3) is 2.57. The van der Waals surface area contributed by atoms with Gasteiger partial charge in [-0.25, -0.2) is 4.79 Å². The van der Waals surface area contributed by atoms with E-state index in [1.54, 1.807) is 6.92 Å². The zero-order valence-electron chi connectivity index (χ0n) is 10.0. The van der Waals surface area contributed by atoms with Crippen LogP contribution in [0.15, 0.2) is 0 Å². The second kappa shape index (κ2) is 4.88. The molecule has 2 aliphatic rings. The van der Waals surface area contributed by atoms with Crippen molar-refractivity contribution in [2.75, 3.05) is 6.61 Å². The molecule has 18 heavy (non-hydrogen) atoms. The van der Waals surface area contributed by atoms with Crippen LogP contribution in [0.4, 0.5) is 4.79 Å². The lowest BCUT2D eigenvalue weighted by Gasteiger charge is -2.25. The number of carbonyl (C=O) groups is 4. The number of ether oxygens (including phenoxy) is 2. The van der Waals surface area contributed by atoms with Crippen molar-refractivity contribution in [3.8, 4) is 0 Å². The van der Waals surface area contributed by atoms with E-state index >= 15 is 0 Å². The highest BCUT2D eigenvalue weighted by Crippen LogP contribution is 2.38. The van der Waals surface area contributed by atoms with E-state index in [2.05, 4.69) is 4.74 Å². The van der Waals surface area contributed by atoms with Gasteiger partial charge in [-0.3, -0.25) is 14.4 Å². The normalized spacial score (nSPS) is 31.2. The van der Waals surface area contributed by atoms with Crippen molar-refractivity contribution in [3.63, 3.8) is 0 Å². The molecule has 0 aromatic carbocycles. The maximum Gasteiger partial charge on any atom is 0.508 e. The summed E-state index contributed by atoms with van der Waals surface area (Å²) in [6.07, 6.45) is -1.35. The van der Waals surface area contributed by atoms with Crippen molar-refractivity contribution in [2.45, 2.75) is 32.3 Å². The molecule has 0 amide bonds. The Labute approximate surface area is 104 Å². The fraction of sp³-hybridized carbons (Fsp3) is 0.667. The van der Waals surface area contributed by atoms with Crippen molar-refractivity contribution >= 4 is 23.5 Å². The Morgan fingerprint density at radius 2 is 1.67 bits per heavy atom. The molecule has 0 saturated heterocycles. The quantitative estimate of drug-likeness (QED) is 0.543. The highest BCUT2D eigenvalue weighted by molar-refractivity contribution is 6.12. The van der Waals surface area contributed by atoms with Crippen LogP contribution in [0.2, 0.25) is 0 Å². The molecule has 2 aliphatic carbocycles. The SMILES string of the molecule is CCOC(=O)OC1CC(=O)C(C2CC2=O)C(=O)C1. The summed E-state index contributed by atoms with van der Waals surface area (Å²) in [5.74, 6) is -1.88. The molecule has 0 spiro atoms. The molecule has 6 heteroatoms. The van der Waals surface area contributed by atoms with Crippen molar-refractivity contribution < 1.29 is 28.7 Å². The molecule has 2 saturated carbocycles. The number of ketones is 3. The summed E-state index contributed by atoms with van der Waals surface area (Å²) >= 11 is 0. The Bertz CT molecular complexity index is 395. The molecule has 98 valence electrons. The highest BCUT2D eigenvalue weighted by Gasteiger charge is 2.51. The fourth-order valence-electron chi connectivity index (χ4n) is 2.24. The minimum Gasteiger partial charge on any atom is -0.435 e. The lowest BCUT2D eigenvalue weighted by Crippen LogP contribution is -2.39. The van der Waals surface area contributed by atoms with Gasteiger partial charge in [0.2, 0.25) is 0 Å². The van der Waals surface area contributed by atoms with Gasteiger partial charge < -0.3 is 9.47 Å². The van der Waals surface area contributed by atoms with Gasteiger partial charge in [-0.1, -0.05) is 0 Å². The average molecular weight is 254 g/mol. The lowest BCUT2D eigenvalue weighted by molar-refractivity contribution is -0.142. The second-order valence-corrected chi connectivity index (χ2v) is 4.52. The largest absolute Gasteiger partial charge is 0.508 e. The molecule has 2 fully saturated rings. The Balaban J connectivity index is 1.92. The van der Waals surface area contributed by atoms with Gasteiger partial charge in [0.15, 0.2) is 0 Å². The minimum atomic E-state index is -0.871. The van der Waals surface area contributed by atoms with E-state index < -0.39 is 24.1 Å². The van der Waals surface area contributed by atoms with Crippen LogP contribution < -0.4 is 0 Å². The summed E-state index contributed by atoms with van der Waals surface area (Å²) in [4.78, 5) is 45.6. The molecule has 0 N–H and O–H groups in total. The molecule has 0 bridgehead atoms. The van der Waals surface area contributed by atoms with Crippen molar-refractivity contribution in [3.05, 3.63) is 0 Å². The van der Waals surface area contributed by atoms with Gasteiger partial charge in [0.25, 0.3) is 0 Å². The molecular weight excluding hydrogens is 240 g/mol. The van der Waals surface area contributed by atoms with E-state index in [4.69, 9.17) is 4.74 Å². The van der Waals surface area contributed by atoms with Gasteiger partial charge in [0, 0.05) is 25.2 Å². The summed E-state index contributed by atoms with van der Waals surface area (Å²) in [5, 5.41) is 0. The smallest absolute Gasteiger partial charge is 0.435 e. The molecule has 0 heterocycles. The van der Waals surface area contributed by atoms with Crippen LogP contribution in [-0.2, 0) is 23.9 Å². The number of hydrogen-bond acceptors (Lipinski definition) is 6. The highest BCUT2D eigenvalue weighted by atomic mass is 16.7. The predicted molar refractivity (Wildman–Crippen MR) is 57.7 cm³/mol. The standard InChI is InChI=1S/C12H14O6/c1-2-17-12(16)18-6-3-9(14)11(10(15)4-6)7-5-8(7)13/h6-7,11H,2-5H2,1H3. The van der Waals surface area contributed by atoms with Gasteiger partial charge >= 0.3 is 6.16 Å². The van der Waals surface area contributed by atoms with Crippen LogP contribution in [0.25, 0.3) is 0 Å². The summed E-state index contributed by atoms with van der Waals surface area (Å²) in [5.41, 5.74) is 0. The second-order valence-electron chi connectivity index (χ2n) is 4.52. The average Bonchev–Trinajstić information content (AvgIpc) is 2.94. The first-order valence-corrected chi connectivity index (χ1v) is 5.94. The first-order valence-electron chi connectivity index (χ1n) is 5.94. The van der Waals surface area contributed by atoms with Crippen molar-refractivity contribution in [1.82, 2.24) is 0 Å². The van der Waals surface area contributed by atoms with Crippen LogP contribution in [0.3, 0.4) is 0 Å². The van der Waals surface area contributed by atoms with E-state index in [0.717, 1.165) is 0 Å². The Morgan fingerprint density at radius 1 is 1.11 bits per heavy atom. The number of hydrogen-bond donors (Lipinski definition) is 0. The van der Waals surface area contributed by atoms with Crippen molar-refractivity contribution in [1.29, 1.82) is 0 Å². The zero-order chi connectivity index (χ0) is 13.3. The molecular formula is C12H14O6. The van der Waals surface area contributed by atoms with Crippen LogP contribution in [-0.4, -0.2) is 36.2 Å². The van der Waals surface area contributed by atoms with E-state index in [9.17, 15) is 19.2 Å². The fourth-order valence-corrected chi connectivity index (χ4v) is 2.24. The summed E-state index contributed by atoms with van der Waals surface area (Å²) in [6.45, 7) is 1.81. The predicted octanol–water partition coefficient (Wildman–Crippen LogP) is 0.665. The first-order chi connectivity index (χ1) is 8.52. The molecule has 0 aromatic heterocycles. The number of carbonyl (C=O) groups excluding carboxylic acids is 4. The van der Waals surface area contributed by atoms with Gasteiger partial charge in [-0.2, -0.15) is 0 Å². The maximum absolute atomic E-state index is 11.8. The molecule has 0 aliphatic heterocycles. The van der Waals surface area contributed by atoms with Gasteiger partial charge in [-0.05, 0) is 6.92 Å². The Kier molecular flexibility index (Phi) is 3.45. The van der Waals surface area contributed by atoms with Crippen LogP contribution in [0.5, 0.6) is 0 Å². The van der Waals surface area contributed by atoms with Gasteiger partial charge in [0.1, 0.15) is 23.5 Å². The third-order valence-electron chi connectivity index (χ3n) is 3.15. The number of Topliss-reactive ketones (excluding diaryl/α,β-unsaturated/α-hetero) is 3. The van der Waals surface area contributed by atoms with Crippen LogP contribution >= 0.6 is 0 Å². The summed E-state index contributed by atoms with van der Waals surface area (Å²) in [7, 11) is 0. The lowest BCUT2D eigenvalue weighted by atomic mass is 9.82. The van der Waals surface area contributed by atoms with Crippen molar-refractivity contribution in [2.24, 2.45) is 11.8 Å². The van der Waals surface area contributed by atoms with E-state index in [1.165, 1.54) is 0 Å². The van der Waals surface area contributed by atoms with E-state index in [1.807, 2.05) is 0 Å². The van der Waals surface area contributed by atoms with Crippen LogP contribution in [0.1, 0.15) is 26.2 Å². The van der Waals surface area contributed by atoms with E-state index in [0.29, 0.717) is 6.42 Å². The molecule has 0 aromatic rings. The molecule has 1 unspecified atom stereocenters. The monoisotopic (exact) mass is 254 g/mol. The number of rotatable bonds is 3. The minimum absolute atomic E-state index is 0.0149. The maximum atomic E-state index is 11.8. The first kappa shape index (κ1) is 12.7. The van der Waals surface area contributed by atoms with Gasteiger partial charge in [0.05, 0.1) is 12.5 Å². The van der Waals surface area contributed by atoms with Crippen LogP contribution in [0, 0.1) is 11.8 Å². The molecule has 0 radical (unpaired) electrons. The molecule has 1 atom stereocenters. The molecule has 2 rings (SSSR count).